The number of hydrogen-bond donors (Lipinski definition) is 1. The van der Waals surface area contributed by atoms with Crippen LogP contribution in [0.2, 0.25) is 0 Å². The van der Waals surface area contributed by atoms with Crippen LogP contribution in [-0.2, 0) is 6.54 Å². The van der Waals surface area contributed by atoms with Gasteiger partial charge in [0, 0.05) is 12.5 Å². The SMILES string of the molecule is Cl.Cl.NCc1nnc(C2CC2)s1. The molecule has 1 fully saturated rings. The third-order valence-corrected chi connectivity index (χ3v) is 2.69. The highest BCUT2D eigenvalue weighted by Crippen LogP contribution is 2.41. The minimum Gasteiger partial charge on any atom is -0.324 e. The first kappa shape index (κ1) is 12.1. The van der Waals surface area contributed by atoms with Gasteiger partial charge in [0.2, 0.25) is 0 Å². The van der Waals surface area contributed by atoms with E-state index in [-0.39, 0.29) is 24.8 Å². The maximum Gasteiger partial charge on any atom is 0.131 e. The van der Waals surface area contributed by atoms with E-state index in [0.29, 0.717) is 6.54 Å². The molecule has 0 unspecified atom stereocenters. The quantitative estimate of drug-likeness (QED) is 0.838. The van der Waals surface area contributed by atoms with Gasteiger partial charge in [-0.25, -0.2) is 0 Å². The molecule has 1 aliphatic rings. The standard InChI is InChI=1S/C6H9N3S.2ClH/c7-3-5-8-9-6(10-5)4-1-2-4;;/h4H,1-3,7H2;2*1H. The summed E-state index contributed by atoms with van der Waals surface area (Å²) < 4.78 is 0. The minimum absolute atomic E-state index is 0. The van der Waals surface area contributed by atoms with E-state index in [9.17, 15) is 0 Å². The van der Waals surface area contributed by atoms with E-state index in [4.69, 9.17) is 5.73 Å². The molecule has 2 N–H and O–H groups in total. The summed E-state index contributed by atoms with van der Waals surface area (Å²) in [5, 5.41) is 10.1. The Morgan fingerprint density at radius 2 is 2.00 bits per heavy atom. The lowest BCUT2D eigenvalue weighted by Gasteiger charge is -1.81. The van der Waals surface area contributed by atoms with Gasteiger partial charge in [-0.2, -0.15) is 0 Å². The summed E-state index contributed by atoms with van der Waals surface area (Å²) in [5.74, 6) is 0.720. The molecule has 1 aromatic heterocycles. The fourth-order valence-corrected chi connectivity index (χ4v) is 1.73. The molecule has 1 aromatic rings. The van der Waals surface area contributed by atoms with Gasteiger partial charge in [0.05, 0.1) is 0 Å². The van der Waals surface area contributed by atoms with Crippen LogP contribution in [0.3, 0.4) is 0 Å². The van der Waals surface area contributed by atoms with Crippen LogP contribution in [0.1, 0.15) is 28.8 Å². The Morgan fingerprint density at radius 3 is 2.42 bits per heavy atom. The second kappa shape index (κ2) is 4.97. The topological polar surface area (TPSA) is 51.8 Å². The molecular formula is C6H11Cl2N3S. The van der Waals surface area contributed by atoms with Crippen LogP contribution in [0.25, 0.3) is 0 Å². The van der Waals surface area contributed by atoms with Gasteiger partial charge in [-0.3, -0.25) is 0 Å². The predicted molar refractivity (Wildman–Crippen MR) is 54.3 cm³/mol. The van der Waals surface area contributed by atoms with E-state index >= 15 is 0 Å². The second-order valence-electron chi connectivity index (χ2n) is 2.51. The number of aromatic nitrogens is 2. The molecule has 0 atom stereocenters. The Balaban J connectivity index is 0.000000605. The zero-order valence-corrected chi connectivity index (χ0v) is 8.84. The Hall–Kier alpha value is 0.1000. The Morgan fingerprint density at radius 1 is 1.33 bits per heavy atom. The van der Waals surface area contributed by atoms with Gasteiger partial charge in [0.15, 0.2) is 0 Å². The van der Waals surface area contributed by atoms with Crippen molar-refractivity contribution in [1.82, 2.24) is 10.2 Å². The summed E-state index contributed by atoms with van der Waals surface area (Å²) in [6, 6.07) is 0. The van der Waals surface area contributed by atoms with Crippen molar-refractivity contribution in [2.24, 2.45) is 5.73 Å². The van der Waals surface area contributed by atoms with Crippen molar-refractivity contribution in [3.8, 4) is 0 Å². The summed E-state index contributed by atoms with van der Waals surface area (Å²) in [6.45, 7) is 0.532. The molecule has 2 rings (SSSR count). The van der Waals surface area contributed by atoms with Gasteiger partial charge in [0.25, 0.3) is 0 Å². The first-order valence-electron chi connectivity index (χ1n) is 3.42. The van der Waals surface area contributed by atoms with Crippen molar-refractivity contribution in [2.75, 3.05) is 0 Å². The van der Waals surface area contributed by atoms with E-state index in [0.717, 1.165) is 10.9 Å². The molecule has 1 saturated carbocycles. The van der Waals surface area contributed by atoms with Crippen molar-refractivity contribution >= 4 is 36.2 Å². The van der Waals surface area contributed by atoms with Crippen molar-refractivity contribution in [2.45, 2.75) is 25.3 Å². The lowest BCUT2D eigenvalue weighted by atomic mass is 10.5. The molecule has 0 aromatic carbocycles. The van der Waals surface area contributed by atoms with Crippen LogP contribution < -0.4 is 5.73 Å². The molecule has 0 aliphatic heterocycles. The monoisotopic (exact) mass is 227 g/mol. The van der Waals surface area contributed by atoms with Gasteiger partial charge in [-0.05, 0) is 12.8 Å². The first-order chi connectivity index (χ1) is 4.90. The minimum atomic E-state index is 0. The van der Waals surface area contributed by atoms with E-state index < -0.39 is 0 Å². The van der Waals surface area contributed by atoms with Crippen LogP contribution in [0.5, 0.6) is 0 Å². The summed E-state index contributed by atoms with van der Waals surface area (Å²) >= 11 is 1.66. The fraction of sp³-hybridized carbons (Fsp3) is 0.667. The van der Waals surface area contributed by atoms with E-state index in [1.54, 1.807) is 11.3 Å². The summed E-state index contributed by atoms with van der Waals surface area (Å²) in [7, 11) is 0. The molecule has 0 saturated heterocycles. The predicted octanol–water partition coefficient (Wildman–Crippen LogP) is 1.72. The first-order valence-corrected chi connectivity index (χ1v) is 4.24. The highest BCUT2D eigenvalue weighted by atomic mass is 35.5. The highest BCUT2D eigenvalue weighted by Gasteiger charge is 2.27. The summed E-state index contributed by atoms with van der Waals surface area (Å²) in [4.78, 5) is 0. The lowest BCUT2D eigenvalue weighted by molar-refractivity contribution is 0.918. The molecular weight excluding hydrogens is 217 g/mol. The number of halogens is 2. The third kappa shape index (κ3) is 2.55. The molecule has 0 amide bonds. The zero-order valence-electron chi connectivity index (χ0n) is 6.40. The number of rotatable bonds is 2. The smallest absolute Gasteiger partial charge is 0.131 e. The average molecular weight is 228 g/mol. The number of nitrogens with two attached hydrogens (primary N) is 1. The molecule has 1 heterocycles. The van der Waals surface area contributed by atoms with Crippen LogP contribution in [0, 0.1) is 0 Å². The number of hydrogen-bond acceptors (Lipinski definition) is 4. The zero-order chi connectivity index (χ0) is 6.97. The summed E-state index contributed by atoms with van der Waals surface area (Å²) in [5.41, 5.74) is 5.39. The normalized spacial score (nSPS) is 14.8. The molecule has 6 heteroatoms. The van der Waals surface area contributed by atoms with Crippen molar-refractivity contribution in [3.63, 3.8) is 0 Å². The molecule has 12 heavy (non-hydrogen) atoms. The lowest BCUT2D eigenvalue weighted by Crippen LogP contribution is -1.94. The molecule has 70 valence electrons. The second-order valence-corrected chi connectivity index (χ2v) is 3.61. The van der Waals surface area contributed by atoms with E-state index in [2.05, 4.69) is 10.2 Å². The largest absolute Gasteiger partial charge is 0.324 e. The van der Waals surface area contributed by atoms with Crippen molar-refractivity contribution < 1.29 is 0 Å². The van der Waals surface area contributed by atoms with Gasteiger partial charge >= 0.3 is 0 Å². The van der Waals surface area contributed by atoms with Gasteiger partial charge in [-0.15, -0.1) is 35.0 Å². The molecule has 1 aliphatic carbocycles. The van der Waals surface area contributed by atoms with Gasteiger partial charge in [0.1, 0.15) is 10.0 Å². The summed E-state index contributed by atoms with van der Waals surface area (Å²) in [6.07, 6.45) is 2.58. The van der Waals surface area contributed by atoms with Gasteiger partial charge in [-0.1, -0.05) is 11.3 Å². The fourth-order valence-electron chi connectivity index (χ4n) is 0.844. The Labute approximate surface area is 87.6 Å². The van der Waals surface area contributed by atoms with Crippen molar-refractivity contribution in [3.05, 3.63) is 10.0 Å². The Bertz CT molecular complexity index is 236. The molecule has 0 bridgehead atoms. The van der Waals surface area contributed by atoms with Gasteiger partial charge < -0.3 is 5.73 Å². The van der Waals surface area contributed by atoms with E-state index in [1.165, 1.54) is 17.8 Å². The molecule has 0 spiro atoms. The van der Waals surface area contributed by atoms with Crippen LogP contribution >= 0.6 is 36.2 Å². The Kier molecular flexibility index (Phi) is 5.01. The average Bonchev–Trinajstić information content (AvgIpc) is 2.70. The van der Waals surface area contributed by atoms with Crippen LogP contribution in [0.15, 0.2) is 0 Å². The van der Waals surface area contributed by atoms with Crippen LogP contribution in [-0.4, -0.2) is 10.2 Å². The molecule has 3 nitrogen and oxygen atoms in total. The highest BCUT2D eigenvalue weighted by molar-refractivity contribution is 7.11. The van der Waals surface area contributed by atoms with Crippen LogP contribution in [0.4, 0.5) is 0 Å². The maximum atomic E-state index is 5.39. The molecule has 0 radical (unpaired) electrons. The third-order valence-electron chi connectivity index (χ3n) is 1.58. The number of nitrogens with zero attached hydrogens (tertiary/aromatic N) is 2. The van der Waals surface area contributed by atoms with Crippen molar-refractivity contribution in [1.29, 1.82) is 0 Å². The van der Waals surface area contributed by atoms with E-state index in [1.807, 2.05) is 0 Å². The maximum absolute atomic E-state index is 5.39.